The van der Waals surface area contributed by atoms with Gasteiger partial charge in [0.05, 0.1) is 5.92 Å². The summed E-state index contributed by atoms with van der Waals surface area (Å²) in [5.41, 5.74) is 0. The Kier molecular flexibility index (Phi) is 3.06. The van der Waals surface area contributed by atoms with E-state index in [9.17, 15) is 4.79 Å². The molecule has 1 saturated heterocycles. The number of amides is 1. The molecule has 0 spiro atoms. The number of rotatable bonds is 4. The average Bonchev–Trinajstić information content (AvgIpc) is 2.90. The Morgan fingerprint density at radius 1 is 1.50 bits per heavy atom. The van der Waals surface area contributed by atoms with Crippen molar-refractivity contribution in [3.8, 4) is 0 Å². The van der Waals surface area contributed by atoms with Crippen molar-refractivity contribution in [1.29, 1.82) is 0 Å². The minimum Gasteiger partial charge on any atom is -0.356 e. The molecule has 2 fully saturated rings. The summed E-state index contributed by atoms with van der Waals surface area (Å²) in [5, 5.41) is 6.28. The molecule has 14 heavy (non-hydrogen) atoms. The lowest BCUT2D eigenvalue weighted by Crippen LogP contribution is -2.35. The fraction of sp³-hybridized carbons (Fsp3) is 0.909. The van der Waals surface area contributed by atoms with E-state index in [1.165, 1.54) is 12.8 Å². The van der Waals surface area contributed by atoms with Crippen LogP contribution in [0.15, 0.2) is 0 Å². The summed E-state index contributed by atoms with van der Waals surface area (Å²) in [6.07, 6.45) is 3.73. The van der Waals surface area contributed by atoms with Gasteiger partial charge in [0.2, 0.25) is 5.91 Å². The summed E-state index contributed by atoms with van der Waals surface area (Å²) >= 11 is 0. The van der Waals surface area contributed by atoms with Crippen molar-refractivity contribution in [1.82, 2.24) is 10.6 Å². The smallest absolute Gasteiger partial charge is 0.224 e. The second kappa shape index (κ2) is 4.30. The van der Waals surface area contributed by atoms with Crippen molar-refractivity contribution < 1.29 is 4.79 Å². The highest BCUT2D eigenvalue weighted by Gasteiger charge is 2.29. The van der Waals surface area contributed by atoms with Gasteiger partial charge in [-0.25, -0.2) is 0 Å². The molecule has 0 aromatic carbocycles. The Morgan fingerprint density at radius 3 is 2.86 bits per heavy atom. The van der Waals surface area contributed by atoms with Crippen molar-refractivity contribution in [2.24, 2.45) is 17.8 Å². The molecule has 2 atom stereocenters. The van der Waals surface area contributed by atoms with Gasteiger partial charge in [-0.3, -0.25) is 4.79 Å². The lowest BCUT2D eigenvalue weighted by molar-refractivity contribution is -0.124. The predicted octanol–water partition coefficient (Wildman–Crippen LogP) is 0.758. The van der Waals surface area contributed by atoms with Crippen molar-refractivity contribution in [2.75, 3.05) is 19.6 Å². The normalized spacial score (nSPS) is 28.8. The topological polar surface area (TPSA) is 41.1 Å². The minimum absolute atomic E-state index is 0.224. The molecule has 1 heterocycles. The zero-order chi connectivity index (χ0) is 9.97. The molecule has 0 aromatic heterocycles. The summed E-state index contributed by atoms with van der Waals surface area (Å²) in [7, 11) is 0. The third-order valence-corrected chi connectivity index (χ3v) is 3.46. The van der Waals surface area contributed by atoms with Crippen LogP contribution in [0.5, 0.6) is 0 Å². The molecule has 1 aliphatic heterocycles. The second-order valence-corrected chi connectivity index (χ2v) is 4.75. The lowest BCUT2D eigenvalue weighted by Gasteiger charge is -2.13. The van der Waals surface area contributed by atoms with E-state index in [-0.39, 0.29) is 11.8 Å². The van der Waals surface area contributed by atoms with E-state index in [2.05, 4.69) is 17.6 Å². The molecule has 0 bridgehead atoms. The van der Waals surface area contributed by atoms with Crippen LogP contribution >= 0.6 is 0 Å². The molecule has 1 saturated carbocycles. The van der Waals surface area contributed by atoms with Gasteiger partial charge in [0.25, 0.3) is 0 Å². The van der Waals surface area contributed by atoms with Gasteiger partial charge >= 0.3 is 0 Å². The van der Waals surface area contributed by atoms with Gasteiger partial charge in [0.1, 0.15) is 0 Å². The maximum Gasteiger partial charge on any atom is 0.224 e. The van der Waals surface area contributed by atoms with E-state index in [0.29, 0.717) is 5.92 Å². The molecule has 0 aromatic rings. The van der Waals surface area contributed by atoms with E-state index >= 15 is 0 Å². The van der Waals surface area contributed by atoms with Crippen molar-refractivity contribution >= 4 is 5.91 Å². The fourth-order valence-electron chi connectivity index (χ4n) is 2.12. The Labute approximate surface area is 85.6 Å². The van der Waals surface area contributed by atoms with Gasteiger partial charge in [-0.15, -0.1) is 0 Å². The van der Waals surface area contributed by atoms with Crippen LogP contribution in [0, 0.1) is 17.8 Å². The summed E-state index contributed by atoms with van der Waals surface area (Å²) in [5.74, 6) is 2.04. The number of carbonyl (C=O) groups excluding carboxylic acids is 1. The Morgan fingerprint density at radius 2 is 2.29 bits per heavy atom. The molecule has 2 aliphatic rings. The van der Waals surface area contributed by atoms with Crippen molar-refractivity contribution in [3.05, 3.63) is 0 Å². The molecule has 2 unspecified atom stereocenters. The second-order valence-electron chi connectivity index (χ2n) is 4.75. The predicted molar refractivity (Wildman–Crippen MR) is 55.9 cm³/mol. The SMILES string of the molecule is CC(CNC(=O)C1CCNC1)C1CC1. The molecule has 3 nitrogen and oxygen atoms in total. The molecule has 80 valence electrons. The molecule has 2 N–H and O–H groups in total. The third-order valence-electron chi connectivity index (χ3n) is 3.46. The zero-order valence-corrected chi connectivity index (χ0v) is 8.88. The van der Waals surface area contributed by atoms with Gasteiger partial charge < -0.3 is 10.6 Å². The summed E-state index contributed by atoms with van der Waals surface area (Å²) in [6.45, 7) is 4.98. The molecule has 1 aliphatic carbocycles. The maximum atomic E-state index is 11.6. The lowest BCUT2D eigenvalue weighted by atomic mass is 10.1. The van der Waals surface area contributed by atoms with Crippen molar-refractivity contribution in [3.63, 3.8) is 0 Å². The Bertz CT molecular complexity index is 207. The first-order valence-electron chi connectivity index (χ1n) is 5.76. The zero-order valence-electron chi connectivity index (χ0n) is 8.88. The number of hydrogen-bond acceptors (Lipinski definition) is 2. The van der Waals surface area contributed by atoms with Gasteiger partial charge in [-0.2, -0.15) is 0 Å². The van der Waals surface area contributed by atoms with Gasteiger partial charge in [0.15, 0.2) is 0 Å². The van der Waals surface area contributed by atoms with Crippen LogP contribution in [0.4, 0.5) is 0 Å². The van der Waals surface area contributed by atoms with Crippen LogP contribution < -0.4 is 10.6 Å². The Balaban J connectivity index is 1.66. The molecule has 3 heteroatoms. The van der Waals surface area contributed by atoms with Crippen LogP contribution in [0.2, 0.25) is 0 Å². The highest BCUT2D eigenvalue weighted by Crippen LogP contribution is 2.36. The highest BCUT2D eigenvalue weighted by molar-refractivity contribution is 5.79. The van der Waals surface area contributed by atoms with Crippen LogP contribution in [0.1, 0.15) is 26.2 Å². The van der Waals surface area contributed by atoms with Crippen LogP contribution in [-0.2, 0) is 4.79 Å². The summed E-state index contributed by atoms with van der Waals surface area (Å²) < 4.78 is 0. The molecule has 2 rings (SSSR count). The van der Waals surface area contributed by atoms with Gasteiger partial charge in [0, 0.05) is 13.1 Å². The van der Waals surface area contributed by atoms with E-state index in [0.717, 1.165) is 32.0 Å². The number of carbonyl (C=O) groups is 1. The molecular weight excluding hydrogens is 176 g/mol. The van der Waals surface area contributed by atoms with Gasteiger partial charge in [-0.1, -0.05) is 6.92 Å². The van der Waals surface area contributed by atoms with Crippen molar-refractivity contribution in [2.45, 2.75) is 26.2 Å². The first-order valence-corrected chi connectivity index (χ1v) is 5.76. The average molecular weight is 196 g/mol. The molecule has 0 radical (unpaired) electrons. The fourth-order valence-corrected chi connectivity index (χ4v) is 2.12. The monoisotopic (exact) mass is 196 g/mol. The van der Waals surface area contributed by atoms with E-state index in [1.807, 2.05) is 0 Å². The molecular formula is C11H20N2O. The summed E-state index contributed by atoms with van der Waals surface area (Å²) in [4.78, 5) is 11.6. The number of nitrogens with one attached hydrogen (secondary N) is 2. The van der Waals surface area contributed by atoms with Crippen LogP contribution in [-0.4, -0.2) is 25.5 Å². The third kappa shape index (κ3) is 2.47. The first-order chi connectivity index (χ1) is 6.77. The quantitative estimate of drug-likeness (QED) is 0.697. The molecule has 1 amide bonds. The summed E-state index contributed by atoms with van der Waals surface area (Å²) in [6, 6.07) is 0. The first kappa shape index (κ1) is 9.97. The minimum atomic E-state index is 0.224. The highest BCUT2D eigenvalue weighted by atomic mass is 16.1. The van der Waals surface area contributed by atoms with E-state index in [4.69, 9.17) is 0 Å². The standard InChI is InChI=1S/C11H20N2O/c1-8(9-2-3-9)6-13-11(14)10-4-5-12-7-10/h8-10,12H,2-7H2,1H3,(H,13,14). The van der Waals surface area contributed by atoms with Gasteiger partial charge in [-0.05, 0) is 37.6 Å². The number of hydrogen-bond donors (Lipinski definition) is 2. The largest absolute Gasteiger partial charge is 0.356 e. The maximum absolute atomic E-state index is 11.6. The Hall–Kier alpha value is -0.570. The van der Waals surface area contributed by atoms with Crippen LogP contribution in [0.3, 0.4) is 0 Å². The van der Waals surface area contributed by atoms with Crippen LogP contribution in [0.25, 0.3) is 0 Å². The van der Waals surface area contributed by atoms with E-state index in [1.54, 1.807) is 0 Å². The van der Waals surface area contributed by atoms with E-state index < -0.39 is 0 Å².